The van der Waals surface area contributed by atoms with Crippen LogP contribution in [0.1, 0.15) is 5.69 Å². The summed E-state index contributed by atoms with van der Waals surface area (Å²) < 4.78 is 38.9. The van der Waals surface area contributed by atoms with Gasteiger partial charge in [-0.05, 0) is 6.07 Å². The summed E-state index contributed by atoms with van der Waals surface area (Å²) in [6.45, 7) is 3.49. The smallest absolute Gasteiger partial charge is 0.283 e. The number of anilines is 1. The van der Waals surface area contributed by atoms with Gasteiger partial charge in [0.2, 0.25) is 0 Å². The Hall–Kier alpha value is -2.94. The predicted molar refractivity (Wildman–Crippen MR) is 97.3 cm³/mol. The van der Waals surface area contributed by atoms with Crippen LogP contribution < -0.4 is 4.90 Å². The zero-order valence-electron chi connectivity index (χ0n) is 14.1. The van der Waals surface area contributed by atoms with E-state index in [0.717, 1.165) is 28.2 Å². The highest BCUT2D eigenvalue weighted by Gasteiger charge is 2.33. The van der Waals surface area contributed by atoms with Gasteiger partial charge in [-0.15, -0.1) is 17.9 Å². The van der Waals surface area contributed by atoms with Gasteiger partial charge in [0.25, 0.3) is 5.91 Å². The second kappa shape index (κ2) is 7.75. The maximum atomic E-state index is 12.7. The molecule has 0 saturated carbocycles. The van der Waals surface area contributed by atoms with Crippen LogP contribution in [0.15, 0.2) is 60.6 Å². The quantitative estimate of drug-likeness (QED) is 0.590. The molecular weight excluding hydrogens is 377 g/mol. The summed E-state index contributed by atoms with van der Waals surface area (Å²) in [5.41, 5.74) is 0.593. The van der Waals surface area contributed by atoms with Crippen molar-refractivity contribution in [3.05, 3.63) is 66.3 Å². The number of carbonyl (C=O) groups is 1. The molecule has 9 heteroatoms. The topological polar surface area (TPSA) is 51.0 Å². The van der Waals surface area contributed by atoms with E-state index in [0.29, 0.717) is 5.13 Å². The number of hydrogen-bond donors (Lipinski definition) is 0. The number of thiazole rings is 1. The van der Waals surface area contributed by atoms with Gasteiger partial charge in [-0.25, -0.2) is 4.98 Å². The molecule has 3 aromatic rings. The zero-order chi connectivity index (χ0) is 19.4. The predicted octanol–water partition coefficient (Wildman–Crippen LogP) is 4.24. The van der Waals surface area contributed by atoms with E-state index in [9.17, 15) is 18.0 Å². The Kier molecular flexibility index (Phi) is 5.41. The first-order valence-corrected chi connectivity index (χ1v) is 8.79. The van der Waals surface area contributed by atoms with Crippen molar-refractivity contribution in [1.29, 1.82) is 0 Å². The fourth-order valence-electron chi connectivity index (χ4n) is 2.37. The number of amides is 1. The molecule has 2 heterocycles. The fourth-order valence-corrected chi connectivity index (χ4v) is 3.23. The molecule has 0 fully saturated rings. The van der Waals surface area contributed by atoms with Gasteiger partial charge in [0.15, 0.2) is 10.8 Å². The lowest BCUT2D eigenvalue weighted by atomic mass is 10.2. The minimum atomic E-state index is -4.55. The fraction of sp³-hybridized carbons (Fsp3) is 0.167. The summed E-state index contributed by atoms with van der Waals surface area (Å²) >= 11 is 1.28. The van der Waals surface area contributed by atoms with Crippen LogP contribution in [-0.4, -0.2) is 27.2 Å². The molecule has 1 amide bonds. The second-order valence-electron chi connectivity index (χ2n) is 5.57. The molecule has 0 aliphatic carbocycles. The SMILES string of the molecule is C=CCN(C(=O)Cn1ccc(C(F)(F)F)n1)c1nc(-c2ccccc2)cs1. The van der Waals surface area contributed by atoms with Crippen molar-refractivity contribution in [3.8, 4) is 11.3 Å². The number of rotatable bonds is 6. The van der Waals surface area contributed by atoms with E-state index >= 15 is 0 Å². The highest BCUT2D eigenvalue weighted by atomic mass is 32.1. The van der Waals surface area contributed by atoms with E-state index in [1.165, 1.54) is 22.3 Å². The maximum absolute atomic E-state index is 12.7. The average Bonchev–Trinajstić information content (AvgIpc) is 3.29. The Bertz CT molecular complexity index is 933. The third kappa shape index (κ3) is 4.43. The lowest BCUT2D eigenvalue weighted by Crippen LogP contribution is -2.34. The van der Waals surface area contributed by atoms with Crippen LogP contribution in [0.4, 0.5) is 18.3 Å². The van der Waals surface area contributed by atoms with Crippen LogP contribution >= 0.6 is 11.3 Å². The van der Waals surface area contributed by atoms with E-state index in [4.69, 9.17) is 0 Å². The number of carbonyl (C=O) groups excluding carboxylic acids is 1. The van der Waals surface area contributed by atoms with E-state index < -0.39 is 17.8 Å². The molecule has 0 unspecified atom stereocenters. The molecule has 0 spiro atoms. The van der Waals surface area contributed by atoms with Crippen molar-refractivity contribution >= 4 is 22.4 Å². The molecule has 5 nitrogen and oxygen atoms in total. The van der Waals surface area contributed by atoms with Gasteiger partial charge in [0.05, 0.1) is 5.69 Å². The summed E-state index contributed by atoms with van der Waals surface area (Å²) in [7, 11) is 0. The number of nitrogens with zero attached hydrogens (tertiary/aromatic N) is 4. The summed E-state index contributed by atoms with van der Waals surface area (Å²) in [6, 6.07) is 10.3. The molecule has 0 bridgehead atoms. The molecule has 1 aromatic carbocycles. The highest BCUT2D eigenvalue weighted by molar-refractivity contribution is 7.14. The first kappa shape index (κ1) is 18.8. The Morgan fingerprint density at radius 1 is 1.26 bits per heavy atom. The van der Waals surface area contributed by atoms with Gasteiger partial charge in [-0.2, -0.15) is 18.3 Å². The van der Waals surface area contributed by atoms with Crippen LogP contribution in [0, 0.1) is 0 Å². The molecule has 27 heavy (non-hydrogen) atoms. The first-order chi connectivity index (χ1) is 12.9. The summed E-state index contributed by atoms with van der Waals surface area (Å²) in [4.78, 5) is 18.5. The van der Waals surface area contributed by atoms with Crippen molar-refractivity contribution in [2.24, 2.45) is 0 Å². The van der Waals surface area contributed by atoms with E-state index in [1.807, 2.05) is 35.7 Å². The molecule has 0 radical (unpaired) electrons. The maximum Gasteiger partial charge on any atom is 0.435 e. The molecule has 0 atom stereocenters. The monoisotopic (exact) mass is 392 g/mol. The molecule has 0 aliphatic heterocycles. The summed E-state index contributed by atoms with van der Waals surface area (Å²) in [5, 5.41) is 5.68. The van der Waals surface area contributed by atoms with Crippen LogP contribution in [0.3, 0.4) is 0 Å². The Labute approximate surface area is 157 Å². The standard InChI is InChI=1S/C18H15F3N4OS/c1-2-9-25(16(26)11-24-10-8-15(23-24)18(19,20)21)17-22-14(12-27-17)13-6-4-3-5-7-13/h2-8,10,12H,1,9,11H2. The van der Waals surface area contributed by atoms with Crippen LogP contribution in [0.2, 0.25) is 0 Å². The van der Waals surface area contributed by atoms with Gasteiger partial charge in [-0.3, -0.25) is 14.4 Å². The largest absolute Gasteiger partial charge is 0.435 e. The van der Waals surface area contributed by atoms with Crippen molar-refractivity contribution in [2.45, 2.75) is 12.7 Å². The van der Waals surface area contributed by atoms with E-state index in [-0.39, 0.29) is 13.1 Å². The van der Waals surface area contributed by atoms with E-state index in [2.05, 4.69) is 16.7 Å². The van der Waals surface area contributed by atoms with Gasteiger partial charge < -0.3 is 0 Å². The van der Waals surface area contributed by atoms with Crippen LogP contribution in [0.25, 0.3) is 11.3 Å². The molecule has 2 aromatic heterocycles. The Balaban J connectivity index is 1.79. The van der Waals surface area contributed by atoms with Crippen molar-refractivity contribution in [2.75, 3.05) is 11.4 Å². The molecule has 0 aliphatic rings. The summed E-state index contributed by atoms with van der Waals surface area (Å²) in [5.74, 6) is -0.430. The third-order valence-corrected chi connectivity index (χ3v) is 4.50. The van der Waals surface area contributed by atoms with Crippen LogP contribution in [-0.2, 0) is 17.5 Å². The molecule has 140 valence electrons. The average molecular weight is 392 g/mol. The van der Waals surface area contributed by atoms with E-state index in [1.54, 1.807) is 0 Å². The van der Waals surface area contributed by atoms with Gasteiger partial charge in [-0.1, -0.05) is 36.4 Å². The first-order valence-electron chi connectivity index (χ1n) is 7.91. The molecule has 0 N–H and O–H groups in total. The number of alkyl halides is 3. The molecule has 0 saturated heterocycles. The van der Waals surface area contributed by atoms with Crippen molar-refractivity contribution < 1.29 is 18.0 Å². The molecular formula is C18H15F3N4OS. The zero-order valence-corrected chi connectivity index (χ0v) is 14.9. The van der Waals surface area contributed by atoms with Crippen molar-refractivity contribution in [3.63, 3.8) is 0 Å². The second-order valence-corrected chi connectivity index (χ2v) is 6.41. The molecule has 3 rings (SSSR count). The lowest BCUT2D eigenvalue weighted by Gasteiger charge is -2.18. The normalized spacial score (nSPS) is 11.4. The lowest BCUT2D eigenvalue weighted by molar-refractivity contribution is -0.141. The number of benzene rings is 1. The van der Waals surface area contributed by atoms with Crippen LogP contribution in [0.5, 0.6) is 0 Å². The number of aromatic nitrogens is 3. The highest BCUT2D eigenvalue weighted by Crippen LogP contribution is 2.29. The minimum Gasteiger partial charge on any atom is -0.283 e. The Morgan fingerprint density at radius 2 is 2.00 bits per heavy atom. The van der Waals surface area contributed by atoms with Gasteiger partial charge in [0, 0.05) is 23.7 Å². The Morgan fingerprint density at radius 3 is 2.63 bits per heavy atom. The number of hydrogen-bond acceptors (Lipinski definition) is 4. The summed E-state index contributed by atoms with van der Waals surface area (Å²) in [6.07, 6.45) is -1.88. The number of halogens is 3. The third-order valence-electron chi connectivity index (χ3n) is 3.63. The van der Waals surface area contributed by atoms with Gasteiger partial charge >= 0.3 is 6.18 Å². The minimum absolute atomic E-state index is 0.188. The van der Waals surface area contributed by atoms with Crippen molar-refractivity contribution in [1.82, 2.24) is 14.8 Å². The van der Waals surface area contributed by atoms with Gasteiger partial charge in [0.1, 0.15) is 6.54 Å².